The van der Waals surface area contributed by atoms with Crippen molar-refractivity contribution in [1.82, 2.24) is 0 Å². The van der Waals surface area contributed by atoms with E-state index in [-0.39, 0.29) is 5.75 Å². The molecule has 0 atom stereocenters. The smallest absolute Gasteiger partial charge is 0.177 e. The Bertz CT molecular complexity index is 772. The Kier molecular flexibility index (Phi) is 5.19. The molecule has 0 aliphatic rings. The molecule has 2 aromatic rings. The third-order valence-corrected chi connectivity index (χ3v) is 5.15. The van der Waals surface area contributed by atoms with Crippen molar-refractivity contribution in [3.05, 3.63) is 69.2 Å². The van der Waals surface area contributed by atoms with E-state index in [1.54, 1.807) is 48.5 Å². The fraction of sp³-hybridized carbons (Fsp3) is 0.133. The molecule has 0 amide bonds. The number of ketones is 1. The minimum absolute atomic E-state index is 0.244. The second-order valence-electron chi connectivity index (χ2n) is 4.56. The van der Waals surface area contributed by atoms with Crippen LogP contribution in [-0.4, -0.2) is 20.0 Å². The number of hydrogen-bond acceptors (Lipinski definition) is 3. The van der Waals surface area contributed by atoms with Gasteiger partial charge in [0.15, 0.2) is 15.6 Å². The summed E-state index contributed by atoms with van der Waals surface area (Å²) in [6.07, 6.45) is 0. The highest BCUT2D eigenvalue weighted by atomic mass is 79.9. The molecule has 0 heterocycles. The number of benzene rings is 2. The average molecular weight is 388 g/mol. The van der Waals surface area contributed by atoms with Gasteiger partial charge >= 0.3 is 0 Å². The first kappa shape index (κ1) is 16.2. The lowest BCUT2D eigenvalue weighted by Crippen LogP contribution is -2.18. The molecule has 0 aliphatic heterocycles. The molecule has 0 aromatic heterocycles. The predicted molar refractivity (Wildman–Crippen MR) is 87.4 cm³/mol. The van der Waals surface area contributed by atoms with E-state index in [1.807, 2.05) is 0 Å². The Morgan fingerprint density at radius 2 is 1.81 bits per heavy atom. The van der Waals surface area contributed by atoms with Gasteiger partial charge in [0.1, 0.15) is 5.75 Å². The first-order valence-electron chi connectivity index (χ1n) is 6.10. The van der Waals surface area contributed by atoms with Crippen molar-refractivity contribution in [3.8, 4) is 0 Å². The van der Waals surface area contributed by atoms with Crippen LogP contribution in [0.2, 0.25) is 5.02 Å². The van der Waals surface area contributed by atoms with Crippen LogP contribution in [0.4, 0.5) is 0 Å². The van der Waals surface area contributed by atoms with Crippen molar-refractivity contribution in [3.63, 3.8) is 0 Å². The summed E-state index contributed by atoms with van der Waals surface area (Å²) in [5.41, 5.74) is 0.869. The fourth-order valence-electron chi connectivity index (χ4n) is 1.85. The largest absolute Gasteiger partial charge is 0.293 e. The van der Waals surface area contributed by atoms with E-state index in [2.05, 4.69) is 15.9 Å². The minimum Gasteiger partial charge on any atom is -0.293 e. The lowest BCUT2D eigenvalue weighted by molar-refractivity contribution is 0.102. The van der Waals surface area contributed by atoms with Gasteiger partial charge in [0, 0.05) is 15.1 Å². The van der Waals surface area contributed by atoms with Gasteiger partial charge in [-0.25, -0.2) is 8.42 Å². The van der Waals surface area contributed by atoms with Gasteiger partial charge in [-0.3, -0.25) is 4.79 Å². The lowest BCUT2D eigenvalue weighted by Gasteiger charge is -2.06. The van der Waals surface area contributed by atoms with Gasteiger partial charge in [0.25, 0.3) is 0 Å². The first-order chi connectivity index (χ1) is 9.87. The molecule has 0 radical (unpaired) electrons. The van der Waals surface area contributed by atoms with Crippen LogP contribution in [0, 0.1) is 0 Å². The topological polar surface area (TPSA) is 51.2 Å². The van der Waals surface area contributed by atoms with Crippen molar-refractivity contribution in [2.45, 2.75) is 5.75 Å². The molecule has 2 aromatic carbocycles. The van der Waals surface area contributed by atoms with E-state index in [1.165, 1.54) is 0 Å². The summed E-state index contributed by atoms with van der Waals surface area (Å²) < 4.78 is 25.0. The van der Waals surface area contributed by atoms with E-state index in [9.17, 15) is 13.2 Å². The number of sulfone groups is 1. The van der Waals surface area contributed by atoms with Gasteiger partial charge in [-0.05, 0) is 23.8 Å². The van der Waals surface area contributed by atoms with E-state index in [4.69, 9.17) is 11.6 Å². The second kappa shape index (κ2) is 6.73. The molecule has 21 heavy (non-hydrogen) atoms. The Labute approximate surface area is 137 Å². The van der Waals surface area contributed by atoms with Gasteiger partial charge in [0.05, 0.1) is 5.75 Å². The minimum atomic E-state index is -3.57. The Balaban J connectivity index is 2.15. The maximum absolute atomic E-state index is 12.1. The number of hydrogen-bond donors (Lipinski definition) is 0. The van der Waals surface area contributed by atoms with Crippen LogP contribution in [-0.2, 0) is 15.6 Å². The van der Waals surface area contributed by atoms with Crippen molar-refractivity contribution in [2.24, 2.45) is 0 Å². The standard InChI is InChI=1S/C15H12BrClO3S/c16-13-6-3-5-11(8-13)15(18)10-21(19,20)9-12-4-1-2-7-14(12)17/h1-8H,9-10H2. The molecular weight excluding hydrogens is 376 g/mol. The highest BCUT2D eigenvalue weighted by Gasteiger charge is 2.19. The molecule has 3 nitrogen and oxygen atoms in total. The summed E-state index contributed by atoms with van der Waals surface area (Å²) in [6, 6.07) is 13.4. The van der Waals surface area contributed by atoms with Crippen molar-refractivity contribution >= 4 is 43.2 Å². The molecule has 0 aliphatic carbocycles. The molecule has 0 fully saturated rings. The summed E-state index contributed by atoms with van der Waals surface area (Å²) in [7, 11) is -3.57. The predicted octanol–water partition coefficient (Wildman–Crippen LogP) is 3.90. The zero-order chi connectivity index (χ0) is 15.5. The number of carbonyl (C=O) groups is 1. The molecule has 0 N–H and O–H groups in total. The Hall–Kier alpha value is -1.17. The molecule has 0 saturated carbocycles. The number of carbonyl (C=O) groups excluding carboxylic acids is 1. The van der Waals surface area contributed by atoms with Gasteiger partial charge in [-0.2, -0.15) is 0 Å². The number of halogens is 2. The SMILES string of the molecule is O=C(CS(=O)(=O)Cc1ccccc1Cl)c1cccc(Br)c1. The van der Waals surface area contributed by atoms with Crippen LogP contribution >= 0.6 is 27.5 Å². The fourth-order valence-corrected chi connectivity index (χ4v) is 3.92. The van der Waals surface area contributed by atoms with Crippen LogP contribution < -0.4 is 0 Å². The molecule has 6 heteroatoms. The van der Waals surface area contributed by atoms with Gasteiger partial charge < -0.3 is 0 Å². The summed E-state index contributed by atoms with van der Waals surface area (Å²) in [4.78, 5) is 12.1. The van der Waals surface area contributed by atoms with Crippen molar-refractivity contribution in [1.29, 1.82) is 0 Å². The van der Waals surface area contributed by atoms with Crippen molar-refractivity contribution < 1.29 is 13.2 Å². The highest BCUT2D eigenvalue weighted by Crippen LogP contribution is 2.19. The zero-order valence-electron chi connectivity index (χ0n) is 10.9. The zero-order valence-corrected chi connectivity index (χ0v) is 14.1. The monoisotopic (exact) mass is 386 g/mol. The molecular formula is C15H12BrClO3S. The van der Waals surface area contributed by atoms with Crippen LogP contribution in [0.15, 0.2) is 53.0 Å². The summed E-state index contributed by atoms with van der Waals surface area (Å²) in [5, 5.41) is 0.385. The molecule has 0 spiro atoms. The number of Topliss-reactive ketones (excluding diaryl/α,β-unsaturated/α-hetero) is 1. The number of rotatable bonds is 5. The van der Waals surface area contributed by atoms with Crippen LogP contribution in [0.5, 0.6) is 0 Å². The van der Waals surface area contributed by atoms with E-state index < -0.39 is 21.4 Å². The van der Waals surface area contributed by atoms with Gasteiger partial charge in [0.2, 0.25) is 0 Å². The molecule has 110 valence electrons. The average Bonchev–Trinajstić information content (AvgIpc) is 2.40. The summed E-state index contributed by atoms with van der Waals surface area (Å²) >= 11 is 9.20. The maximum Gasteiger partial charge on any atom is 0.177 e. The maximum atomic E-state index is 12.1. The third kappa shape index (κ3) is 4.66. The Morgan fingerprint density at radius 3 is 2.48 bits per heavy atom. The normalized spacial score (nSPS) is 11.3. The summed E-state index contributed by atoms with van der Waals surface area (Å²) in [5.74, 6) is -1.20. The quantitative estimate of drug-likeness (QED) is 0.731. The van der Waals surface area contributed by atoms with E-state index >= 15 is 0 Å². The van der Waals surface area contributed by atoms with Crippen LogP contribution in [0.1, 0.15) is 15.9 Å². The molecule has 0 saturated heterocycles. The first-order valence-corrected chi connectivity index (χ1v) is 9.09. The molecule has 0 unspecified atom stereocenters. The third-order valence-electron chi connectivity index (χ3n) is 2.83. The van der Waals surface area contributed by atoms with Gasteiger partial charge in [-0.15, -0.1) is 0 Å². The van der Waals surface area contributed by atoms with E-state index in [0.717, 1.165) is 4.47 Å². The van der Waals surface area contributed by atoms with Gasteiger partial charge in [-0.1, -0.05) is 57.9 Å². The molecule has 2 rings (SSSR count). The van der Waals surface area contributed by atoms with Crippen LogP contribution in [0.25, 0.3) is 0 Å². The van der Waals surface area contributed by atoms with E-state index in [0.29, 0.717) is 16.1 Å². The van der Waals surface area contributed by atoms with Crippen LogP contribution in [0.3, 0.4) is 0 Å². The lowest BCUT2D eigenvalue weighted by atomic mass is 10.2. The highest BCUT2D eigenvalue weighted by molar-refractivity contribution is 9.10. The summed E-state index contributed by atoms with van der Waals surface area (Å²) in [6.45, 7) is 0. The molecule has 0 bridgehead atoms. The second-order valence-corrected chi connectivity index (χ2v) is 7.94. The Morgan fingerprint density at radius 1 is 1.10 bits per heavy atom. The van der Waals surface area contributed by atoms with Crippen molar-refractivity contribution in [2.75, 3.05) is 5.75 Å².